The van der Waals surface area contributed by atoms with Crippen molar-refractivity contribution in [1.82, 2.24) is 4.90 Å². The van der Waals surface area contributed by atoms with E-state index in [1.165, 1.54) is 10.5 Å². The van der Waals surface area contributed by atoms with Crippen molar-refractivity contribution in [3.05, 3.63) is 46.7 Å². The van der Waals surface area contributed by atoms with Gasteiger partial charge in [-0.2, -0.15) is 11.3 Å². The highest BCUT2D eigenvalue weighted by Gasteiger charge is 2.27. The molecule has 1 N–H and O–H groups in total. The lowest BCUT2D eigenvalue weighted by molar-refractivity contribution is -0.917. The average molecular weight is 403 g/mol. The van der Waals surface area contributed by atoms with Gasteiger partial charge in [0.2, 0.25) is 11.8 Å². The van der Waals surface area contributed by atoms with Crippen LogP contribution in [0, 0.1) is 0 Å². The van der Waals surface area contributed by atoms with Gasteiger partial charge in [0.25, 0.3) is 0 Å². The third kappa shape index (κ3) is 4.36. The number of para-hydroxylation sites is 1. The molecule has 1 aromatic heterocycles. The van der Waals surface area contributed by atoms with Gasteiger partial charge in [-0.1, -0.05) is 12.1 Å². The maximum absolute atomic E-state index is 12.7. The van der Waals surface area contributed by atoms with Crippen LogP contribution in [0.2, 0.25) is 0 Å². The predicted molar refractivity (Wildman–Crippen MR) is 109 cm³/mol. The molecule has 0 unspecified atom stereocenters. The molecule has 27 heavy (non-hydrogen) atoms. The monoisotopic (exact) mass is 402 g/mol. The fourth-order valence-electron chi connectivity index (χ4n) is 3.70. The number of benzene rings is 1. The summed E-state index contributed by atoms with van der Waals surface area (Å²) in [5, 5.41) is 4.32. The predicted octanol–water partition coefficient (Wildman–Crippen LogP) is 1.50. The van der Waals surface area contributed by atoms with Crippen LogP contribution in [-0.2, 0) is 16.1 Å². The van der Waals surface area contributed by atoms with E-state index >= 15 is 0 Å². The third-order valence-corrected chi connectivity index (χ3v) is 6.99. The Kier molecular flexibility index (Phi) is 5.80. The molecule has 2 aliphatic rings. The van der Waals surface area contributed by atoms with Crippen molar-refractivity contribution in [3.8, 4) is 0 Å². The minimum Gasteiger partial charge on any atom is -0.331 e. The smallest absolute Gasteiger partial charge is 0.237 e. The quantitative estimate of drug-likeness (QED) is 0.825. The van der Waals surface area contributed by atoms with Gasteiger partial charge in [-0.25, -0.2) is 0 Å². The van der Waals surface area contributed by atoms with Crippen molar-refractivity contribution in [2.24, 2.45) is 0 Å². The summed E-state index contributed by atoms with van der Waals surface area (Å²) in [4.78, 5) is 31.4. The van der Waals surface area contributed by atoms with E-state index in [1.807, 2.05) is 29.2 Å². The Bertz CT molecular complexity index is 801. The Morgan fingerprint density at radius 1 is 1.15 bits per heavy atom. The van der Waals surface area contributed by atoms with Gasteiger partial charge in [-0.05, 0) is 29.0 Å². The number of fused-ring (bicyclic) bond motifs is 1. The molecular formula is C20H24N3O2S2+. The van der Waals surface area contributed by atoms with Gasteiger partial charge in [0, 0.05) is 23.4 Å². The number of carbonyl (C=O) groups is 2. The summed E-state index contributed by atoms with van der Waals surface area (Å²) in [6, 6.07) is 10.1. The lowest BCUT2D eigenvalue weighted by atomic mass is 10.2. The first-order valence-electron chi connectivity index (χ1n) is 9.35. The molecule has 5 nitrogen and oxygen atoms in total. The largest absolute Gasteiger partial charge is 0.331 e. The molecule has 2 aromatic rings. The summed E-state index contributed by atoms with van der Waals surface area (Å²) in [5.74, 6) is 0.708. The summed E-state index contributed by atoms with van der Waals surface area (Å²) in [6.07, 6.45) is 0.393. The number of rotatable bonds is 5. The van der Waals surface area contributed by atoms with Gasteiger partial charge >= 0.3 is 0 Å². The average Bonchev–Trinajstić information content (AvgIpc) is 3.20. The number of anilines is 1. The molecular weight excluding hydrogens is 378 g/mol. The number of amides is 2. The number of thiophene rings is 1. The number of carbonyl (C=O) groups excluding carboxylic acids is 2. The second-order valence-corrected chi connectivity index (χ2v) is 8.79. The molecule has 142 valence electrons. The molecule has 0 aliphatic carbocycles. The first-order chi connectivity index (χ1) is 13.2. The number of nitrogens with one attached hydrogen (secondary N) is 1. The Labute approximate surface area is 167 Å². The molecule has 1 aromatic carbocycles. The van der Waals surface area contributed by atoms with Gasteiger partial charge in [0.1, 0.15) is 6.54 Å². The standard InChI is InChI=1S/C20H23N3O2S2/c24-19(22-10-8-21(9-11-22)13-16-6-12-26-14-16)5-7-23-17-3-1-2-4-18(17)27-15-20(23)25/h1-4,6,12,14H,5,7-11,13,15H2/p+1. The molecule has 0 saturated carbocycles. The highest BCUT2D eigenvalue weighted by Crippen LogP contribution is 2.34. The molecule has 2 amide bonds. The molecule has 1 fully saturated rings. The number of quaternary nitrogens is 1. The zero-order valence-electron chi connectivity index (χ0n) is 15.2. The van der Waals surface area contributed by atoms with E-state index < -0.39 is 0 Å². The van der Waals surface area contributed by atoms with Gasteiger partial charge in [0.05, 0.1) is 37.6 Å². The normalized spacial score (nSPS) is 17.9. The molecule has 0 atom stereocenters. The molecule has 7 heteroatoms. The first kappa shape index (κ1) is 18.5. The second-order valence-electron chi connectivity index (χ2n) is 6.99. The zero-order chi connectivity index (χ0) is 18.6. The number of hydrogen-bond acceptors (Lipinski definition) is 4. The van der Waals surface area contributed by atoms with Crippen molar-refractivity contribution in [2.45, 2.75) is 17.9 Å². The van der Waals surface area contributed by atoms with Crippen molar-refractivity contribution >= 4 is 40.6 Å². The molecule has 3 heterocycles. The van der Waals surface area contributed by atoms with Crippen LogP contribution in [0.25, 0.3) is 0 Å². The molecule has 0 bridgehead atoms. The summed E-state index contributed by atoms with van der Waals surface area (Å²) in [7, 11) is 0. The summed E-state index contributed by atoms with van der Waals surface area (Å²) >= 11 is 3.31. The lowest BCUT2D eigenvalue weighted by Gasteiger charge is -2.33. The second kappa shape index (κ2) is 8.46. The van der Waals surface area contributed by atoms with Crippen LogP contribution in [0.1, 0.15) is 12.0 Å². The van der Waals surface area contributed by atoms with Crippen molar-refractivity contribution < 1.29 is 14.5 Å². The van der Waals surface area contributed by atoms with Crippen LogP contribution >= 0.6 is 23.1 Å². The van der Waals surface area contributed by atoms with Crippen LogP contribution in [0.3, 0.4) is 0 Å². The molecule has 0 radical (unpaired) electrons. The fraction of sp³-hybridized carbons (Fsp3) is 0.400. The summed E-state index contributed by atoms with van der Waals surface area (Å²) < 4.78 is 0. The Morgan fingerprint density at radius 3 is 2.74 bits per heavy atom. The summed E-state index contributed by atoms with van der Waals surface area (Å²) in [5.41, 5.74) is 2.33. The van der Waals surface area contributed by atoms with E-state index in [2.05, 4.69) is 16.8 Å². The van der Waals surface area contributed by atoms with Gasteiger partial charge in [-0.3, -0.25) is 9.59 Å². The van der Waals surface area contributed by atoms with Gasteiger partial charge < -0.3 is 14.7 Å². The molecule has 2 aliphatic heterocycles. The maximum Gasteiger partial charge on any atom is 0.237 e. The number of hydrogen-bond donors (Lipinski definition) is 1. The van der Waals surface area contributed by atoms with Crippen LogP contribution < -0.4 is 9.80 Å². The van der Waals surface area contributed by atoms with Gasteiger partial charge in [-0.15, -0.1) is 11.8 Å². The van der Waals surface area contributed by atoms with E-state index in [1.54, 1.807) is 28.0 Å². The zero-order valence-corrected chi connectivity index (χ0v) is 16.9. The van der Waals surface area contributed by atoms with Crippen LogP contribution in [0.15, 0.2) is 46.0 Å². The maximum atomic E-state index is 12.7. The van der Waals surface area contributed by atoms with E-state index in [-0.39, 0.29) is 11.8 Å². The topological polar surface area (TPSA) is 45.1 Å². The Morgan fingerprint density at radius 2 is 1.96 bits per heavy atom. The van der Waals surface area contributed by atoms with Crippen LogP contribution in [0.4, 0.5) is 5.69 Å². The Balaban J connectivity index is 1.28. The highest BCUT2D eigenvalue weighted by atomic mass is 32.2. The molecule has 0 spiro atoms. The van der Waals surface area contributed by atoms with E-state index in [9.17, 15) is 9.59 Å². The van der Waals surface area contributed by atoms with Crippen molar-refractivity contribution in [3.63, 3.8) is 0 Å². The fourth-order valence-corrected chi connectivity index (χ4v) is 5.30. The minimum absolute atomic E-state index is 0.0940. The Hall–Kier alpha value is -1.83. The first-order valence-corrected chi connectivity index (χ1v) is 11.3. The molecule has 4 rings (SSSR count). The van der Waals surface area contributed by atoms with E-state index in [0.29, 0.717) is 18.7 Å². The van der Waals surface area contributed by atoms with Gasteiger partial charge in [0.15, 0.2) is 0 Å². The SMILES string of the molecule is O=C(CCN1C(=O)CSc2ccccc21)N1CC[NH+](Cc2ccsc2)CC1. The highest BCUT2D eigenvalue weighted by molar-refractivity contribution is 8.00. The van der Waals surface area contributed by atoms with Crippen LogP contribution in [-0.4, -0.2) is 55.2 Å². The van der Waals surface area contributed by atoms with Crippen LogP contribution in [0.5, 0.6) is 0 Å². The van der Waals surface area contributed by atoms with E-state index in [0.717, 1.165) is 43.3 Å². The number of thioether (sulfide) groups is 1. The summed E-state index contributed by atoms with van der Waals surface area (Å²) in [6.45, 7) is 5.10. The minimum atomic E-state index is 0.0940. The molecule has 1 saturated heterocycles. The number of piperazine rings is 1. The van der Waals surface area contributed by atoms with Crippen molar-refractivity contribution in [2.75, 3.05) is 43.4 Å². The van der Waals surface area contributed by atoms with Crippen molar-refractivity contribution in [1.29, 1.82) is 0 Å². The van der Waals surface area contributed by atoms with E-state index in [4.69, 9.17) is 0 Å². The number of nitrogens with zero attached hydrogens (tertiary/aromatic N) is 2. The lowest BCUT2D eigenvalue weighted by Crippen LogP contribution is -3.13. The third-order valence-electron chi connectivity index (χ3n) is 5.22.